The molecule has 0 unspecified atom stereocenters. The lowest BCUT2D eigenvalue weighted by molar-refractivity contribution is 0.284. The fraction of sp³-hybridized carbons (Fsp3) is 0.455. The maximum atomic E-state index is 11.6. The highest BCUT2D eigenvalue weighted by atomic mass is 35.5. The molecular formula is C22H29ClN2O3S. The van der Waals surface area contributed by atoms with Crippen molar-refractivity contribution >= 4 is 27.3 Å². The number of rotatable bonds is 9. The van der Waals surface area contributed by atoms with Crippen LogP contribution in [0.4, 0.5) is 5.69 Å². The fourth-order valence-corrected chi connectivity index (χ4v) is 4.35. The van der Waals surface area contributed by atoms with Crippen molar-refractivity contribution < 1.29 is 13.2 Å². The maximum absolute atomic E-state index is 11.6. The van der Waals surface area contributed by atoms with E-state index in [1.807, 2.05) is 36.4 Å². The second-order valence-corrected chi connectivity index (χ2v) is 10.1. The Morgan fingerprint density at radius 1 is 0.897 bits per heavy atom. The quantitative estimate of drug-likeness (QED) is 0.560. The van der Waals surface area contributed by atoms with Crippen molar-refractivity contribution in [3.8, 4) is 11.5 Å². The SMILES string of the molecule is CCS(=O)(=O)NCC1CCC(CNc2ccc(Oc3ccc(Cl)cc3)cc2)CC1. The summed E-state index contributed by atoms with van der Waals surface area (Å²) in [4.78, 5) is 0. The minimum Gasteiger partial charge on any atom is -0.457 e. The molecule has 0 bridgehead atoms. The van der Waals surface area contributed by atoms with Gasteiger partial charge >= 0.3 is 0 Å². The molecule has 1 fully saturated rings. The molecule has 158 valence electrons. The number of halogens is 1. The Morgan fingerprint density at radius 2 is 1.41 bits per heavy atom. The number of anilines is 1. The Hall–Kier alpha value is -1.76. The Morgan fingerprint density at radius 3 is 1.97 bits per heavy atom. The largest absolute Gasteiger partial charge is 0.457 e. The summed E-state index contributed by atoms with van der Waals surface area (Å²) in [5.41, 5.74) is 1.08. The van der Waals surface area contributed by atoms with Crippen LogP contribution in [0.15, 0.2) is 48.5 Å². The molecule has 0 saturated heterocycles. The predicted octanol–water partition coefficient (Wildman–Crippen LogP) is 5.29. The van der Waals surface area contributed by atoms with Crippen LogP contribution in [0.5, 0.6) is 11.5 Å². The van der Waals surface area contributed by atoms with E-state index in [9.17, 15) is 8.42 Å². The van der Waals surface area contributed by atoms with Crippen molar-refractivity contribution in [1.82, 2.24) is 4.72 Å². The zero-order valence-electron chi connectivity index (χ0n) is 16.7. The van der Waals surface area contributed by atoms with E-state index >= 15 is 0 Å². The second-order valence-electron chi connectivity index (χ2n) is 7.60. The molecule has 0 radical (unpaired) electrons. The summed E-state index contributed by atoms with van der Waals surface area (Å²) in [5, 5.41) is 4.20. The van der Waals surface area contributed by atoms with Crippen molar-refractivity contribution in [3.05, 3.63) is 53.6 Å². The summed E-state index contributed by atoms with van der Waals surface area (Å²) >= 11 is 5.89. The van der Waals surface area contributed by atoms with Gasteiger partial charge in [-0.25, -0.2) is 13.1 Å². The smallest absolute Gasteiger partial charge is 0.211 e. The fourth-order valence-electron chi connectivity index (χ4n) is 3.53. The van der Waals surface area contributed by atoms with Crippen molar-refractivity contribution in [2.24, 2.45) is 11.8 Å². The molecule has 7 heteroatoms. The van der Waals surface area contributed by atoms with Crippen molar-refractivity contribution in [2.45, 2.75) is 32.6 Å². The Kier molecular flexibility index (Phi) is 7.81. The van der Waals surface area contributed by atoms with Gasteiger partial charge < -0.3 is 10.1 Å². The number of nitrogens with one attached hydrogen (secondary N) is 2. The molecule has 1 aliphatic carbocycles. The van der Waals surface area contributed by atoms with Gasteiger partial charge in [0.25, 0.3) is 0 Å². The van der Waals surface area contributed by atoms with Gasteiger partial charge in [0.2, 0.25) is 10.0 Å². The maximum Gasteiger partial charge on any atom is 0.211 e. The standard InChI is InChI=1S/C22H29ClN2O3S/c1-2-29(26,27)25-16-18-5-3-17(4-6-18)15-24-20-9-13-22(14-10-20)28-21-11-7-19(23)8-12-21/h7-14,17-18,24-25H,2-6,15-16H2,1H3. The van der Waals surface area contributed by atoms with Crippen LogP contribution in [0.3, 0.4) is 0 Å². The molecule has 2 aromatic rings. The van der Waals surface area contributed by atoms with E-state index in [0.717, 1.165) is 49.4 Å². The summed E-state index contributed by atoms with van der Waals surface area (Å²) in [6.07, 6.45) is 4.41. The molecule has 0 spiro atoms. The monoisotopic (exact) mass is 436 g/mol. The topological polar surface area (TPSA) is 67.4 Å². The third-order valence-electron chi connectivity index (χ3n) is 5.44. The van der Waals surface area contributed by atoms with Crippen LogP contribution in [0.2, 0.25) is 5.02 Å². The zero-order valence-corrected chi connectivity index (χ0v) is 18.3. The van der Waals surface area contributed by atoms with Crippen molar-refractivity contribution in [3.63, 3.8) is 0 Å². The van der Waals surface area contributed by atoms with Crippen LogP contribution < -0.4 is 14.8 Å². The molecule has 3 rings (SSSR count). The minimum absolute atomic E-state index is 0.149. The number of hydrogen-bond donors (Lipinski definition) is 2. The number of hydrogen-bond acceptors (Lipinski definition) is 4. The lowest BCUT2D eigenvalue weighted by Gasteiger charge is -2.29. The highest BCUT2D eigenvalue weighted by Crippen LogP contribution is 2.29. The van der Waals surface area contributed by atoms with Gasteiger partial charge in [0, 0.05) is 23.8 Å². The van der Waals surface area contributed by atoms with E-state index < -0.39 is 10.0 Å². The summed E-state index contributed by atoms with van der Waals surface area (Å²) in [6, 6.07) is 15.3. The molecule has 0 heterocycles. The third kappa shape index (κ3) is 7.21. The Bertz CT molecular complexity index is 862. The minimum atomic E-state index is -3.08. The highest BCUT2D eigenvalue weighted by molar-refractivity contribution is 7.89. The van der Waals surface area contributed by atoms with E-state index in [1.54, 1.807) is 19.1 Å². The predicted molar refractivity (Wildman–Crippen MR) is 119 cm³/mol. The Balaban J connectivity index is 1.39. The van der Waals surface area contributed by atoms with Gasteiger partial charge in [-0.3, -0.25) is 0 Å². The lowest BCUT2D eigenvalue weighted by atomic mass is 9.82. The second kappa shape index (κ2) is 10.3. The first kappa shape index (κ1) is 21.9. The van der Waals surface area contributed by atoms with Crippen LogP contribution in [-0.2, 0) is 10.0 Å². The van der Waals surface area contributed by atoms with E-state index in [4.69, 9.17) is 16.3 Å². The number of benzene rings is 2. The summed E-state index contributed by atoms with van der Waals surface area (Å²) < 4.78 is 31.7. The third-order valence-corrected chi connectivity index (χ3v) is 7.06. The van der Waals surface area contributed by atoms with Gasteiger partial charge in [0.05, 0.1) is 5.75 Å². The van der Waals surface area contributed by atoms with Gasteiger partial charge in [-0.1, -0.05) is 11.6 Å². The van der Waals surface area contributed by atoms with Gasteiger partial charge in [-0.2, -0.15) is 0 Å². The molecule has 0 atom stereocenters. The van der Waals surface area contributed by atoms with Crippen LogP contribution in [-0.4, -0.2) is 27.3 Å². The van der Waals surface area contributed by atoms with Gasteiger partial charge in [-0.15, -0.1) is 0 Å². The normalized spacial score (nSPS) is 19.7. The number of sulfonamides is 1. The highest BCUT2D eigenvalue weighted by Gasteiger charge is 2.22. The van der Waals surface area contributed by atoms with E-state index in [1.165, 1.54) is 0 Å². The Labute approximate surface area is 178 Å². The van der Waals surface area contributed by atoms with Gasteiger partial charge in [0.1, 0.15) is 11.5 Å². The van der Waals surface area contributed by atoms with Crippen LogP contribution in [0, 0.1) is 11.8 Å². The first-order valence-electron chi connectivity index (χ1n) is 10.2. The van der Waals surface area contributed by atoms with Crippen LogP contribution in [0.25, 0.3) is 0 Å². The van der Waals surface area contributed by atoms with E-state index in [0.29, 0.717) is 23.4 Å². The van der Waals surface area contributed by atoms with Crippen LogP contribution in [0.1, 0.15) is 32.6 Å². The molecule has 0 amide bonds. The average molecular weight is 437 g/mol. The molecule has 0 aromatic heterocycles. The van der Waals surface area contributed by atoms with Gasteiger partial charge in [0.15, 0.2) is 0 Å². The number of ether oxygens (including phenoxy) is 1. The molecule has 0 aliphatic heterocycles. The molecule has 2 N–H and O–H groups in total. The molecule has 29 heavy (non-hydrogen) atoms. The lowest BCUT2D eigenvalue weighted by Crippen LogP contribution is -2.33. The molecule has 2 aromatic carbocycles. The summed E-state index contributed by atoms with van der Waals surface area (Å²) in [6.45, 7) is 3.18. The molecule has 1 aliphatic rings. The molecule has 1 saturated carbocycles. The van der Waals surface area contributed by atoms with E-state index in [2.05, 4.69) is 10.0 Å². The first-order valence-corrected chi connectivity index (χ1v) is 12.2. The van der Waals surface area contributed by atoms with E-state index in [-0.39, 0.29) is 5.75 Å². The van der Waals surface area contributed by atoms with Crippen LogP contribution >= 0.6 is 11.6 Å². The molecule has 5 nitrogen and oxygen atoms in total. The summed E-state index contributed by atoms with van der Waals surface area (Å²) in [5.74, 6) is 2.77. The molecular weight excluding hydrogens is 408 g/mol. The van der Waals surface area contributed by atoms with Crippen molar-refractivity contribution in [2.75, 3.05) is 24.2 Å². The summed E-state index contributed by atoms with van der Waals surface area (Å²) in [7, 11) is -3.08. The average Bonchev–Trinajstić information content (AvgIpc) is 2.74. The van der Waals surface area contributed by atoms with Crippen molar-refractivity contribution in [1.29, 1.82) is 0 Å². The van der Waals surface area contributed by atoms with Gasteiger partial charge in [-0.05, 0) is 93.0 Å². The first-order chi connectivity index (χ1) is 13.9. The zero-order chi connectivity index (χ0) is 20.7.